The summed E-state index contributed by atoms with van der Waals surface area (Å²) in [5.41, 5.74) is 0.304. The Kier molecular flexibility index (Phi) is 10.4. The van der Waals surface area contributed by atoms with Gasteiger partial charge in [0.25, 0.3) is 0 Å². The first-order valence-corrected chi connectivity index (χ1v) is 13.2. The first-order valence-electron chi connectivity index (χ1n) is 12.0. The Hall–Kier alpha value is -3.44. The summed E-state index contributed by atoms with van der Waals surface area (Å²) in [6, 6.07) is 2.71. The fourth-order valence-electron chi connectivity index (χ4n) is 4.08. The highest BCUT2D eigenvalue weighted by molar-refractivity contribution is 9.10. The van der Waals surface area contributed by atoms with Crippen molar-refractivity contribution in [3.63, 3.8) is 0 Å². The molecule has 18 heteroatoms. The van der Waals surface area contributed by atoms with Crippen molar-refractivity contribution in [2.24, 2.45) is 0 Å². The molecule has 0 unspecified atom stereocenters. The molecule has 0 bridgehead atoms. The van der Waals surface area contributed by atoms with E-state index in [4.69, 9.17) is 21.5 Å². The van der Waals surface area contributed by atoms with E-state index in [9.17, 15) is 35.9 Å². The van der Waals surface area contributed by atoms with Crippen molar-refractivity contribution in [1.29, 1.82) is 0 Å². The lowest BCUT2D eigenvalue weighted by Gasteiger charge is -2.31. The second-order valence-electron chi connectivity index (χ2n) is 8.71. The maximum atomic E-state index is 13.4. The fourth-order valence-corrected chi connectivity index (χ4v) is 4.59. The van der Waals surface area contributed by atoms with Crippen LogP contribution in [0.2, 0.25) is 5.02 Å². The Balaban J connectivity index is 0.000000616. The highest BCUT2D eigenvalue weighted by atomic mass is 79.9. The van der Waals surface area contributed by atoms with Crippen LogP contribution in [0.1, 0.15) is 18.2 Å². The van der Waals surface area contributed by atoms with Crippen LogP contribution in [0.15, 0.2) is 33.8 Å². The molecule has 228 valence electrons. The number of fused-ring (bicyclic) bond motifs is 1. The molecular weight excluding hydrogens is 666 g/mol. The number of alkyl halides is 6. The van der Waals surface area contributed by atoms with E-state index < -0.39 is 29.8 Å². The number of amides is 1. The summed E-state index contributed by atoms with van der Waals surface area (Å²) in [6.07, 6.45) is -7.76. The van der Waals surface area contributed by atoms with Crippen molar-refractivity contribution in [3.05, 3.63) is 55.5 Å². The molecule has 2 aromatic heterocycles. The van der Waals surface area contributed by atoms with Gasteiger partial charge in [0.05, 0.1) is 22.5 Å². The molecule has 3 heterocycles. The van der Waals surface area contributed by atoms with Gasteiger partial charge in [-0.3, -0.25) is 9.59 Å². The number of carbonyl (C=O) groups is 2. The van der Waals surface area contributed by atoms with Gasteiger partial charge in [-0.1, -0.05) is 18.5 Å². The van der Waals surface area contributed by atoms with Crippen LogP contribution in [0.4, 0.5) is 37.7 Å². The number of halogens is 8. The predicted molar refractivity (Wildman–Crippen MR) is 145 cm³/mol. The zero-order chi connectivity index (χ0) is 31.4. The molecule has 1 amide bonds. The summed E-state index contributed by atoms with van der Waals surface area (Å²) in [5.74, 6) is -3.30. The molecule has 3 N–H and O–H groups in total. The van der Waals surface area contributed by atoms with Gasteiger partial charge in [-0.05, 0) is 40.5 Å². The van der Waals surface area contributed by atoms with Gasteiger partial charge in [0, 0.05) is 31.9 Å². The number of nitrogens with zero attached hydrogens (tertiary/aromatic N) is 4. The number of rotatable bonds is 5. The van der Waals surface area contributed by atoms with Crippen LogP contribution < -0.4 is 21.0 Å². The van der Waals surface area contributed by atoms with Gasteiger partial charge in [0.1, 0.15) is 16.8 Å². The Morgan fingerprint density at radius 3 is 2.31 bits per heavy atom. The van der Waals surface area contributed by atoms with Gasteiger partial charge in [-0.15, -0.1) is 0 Å². The zero-order valence-electron chi connectivity index (χ0n) is 21.5. The van der Waals surface area contributed by atoms with E-state index in [1.54, 1.807) is 4.57 Å². The number of carboxylic acid groups (broad SMARTS) is 1. The van der Waals surface area contributed by atoms with Gasteiger partial charge in [0.15, 0.2) is 11.2 Å². The predicted octanol–water partition coefficient (Wildman–Crippen LogP) is 4.47. The number of anilines is 2. The molecule has 0 saturated carbocycles. The molecule has 42 heavy (non-hydrogen) atoms. The number of hydrogen-bond donors (Lipinski definition) is 3. The van der Waals surface area contributed by atoms with Crippen LogP contribution in [0.5, 0.6) is 0 Å². The molecule has 3 aromatic rings. The summed E-state index contributed by atoms with van der Waals surface area (Å²) in [4.78, 5) is 46.0. The minimum atomic E-state index is -5.08. The Bertz CT molecular complexity index is 1540. The monoisotopic (exact) mass is 686 g/mol. The largest absolute Gasteiger partial charge is 0.490 e. The first kappa shape index (κ1) is 33.1. The summed E-state index contributed by atoms with van der Waals surface area (Å²) < 4.78 is 72.5. The van der Waals surface area contributed by atoms with Crippen LogP contribution in [0.25, 0.3) is 11.2 Å². The number of benzene rings is 1. The van der Waals surface area contributed by atoms with Crippen molar-refractivity contribution in [2.75, 3.05) is 36.4 Å². The highest BCUT2D eigenvalue weighted by Gasteiger charge is 2.38. The van der Waals surface area contributed by atoms with Crippen molar-refractivity contribution in [3.8, 4) is 0 Å². The van der Waals surface area contributed by atoms with Crippen LogP contribution in [-0.2, 0) is 28.7 Å². The molecule has 1 aliphatic rings. The third-order valence-corrected chi connectivity index (χ3v) is 6.59. The number of aromatic nitrogens is 3. The maximum Gasteiger partial charge on any atom is 0.490 e. The Morgan fingerprint density at radius 2 is 1.79 bits per heavy atom. The van der Waals surface area contributed by atoms with Crippen molar-refractivity contribution < 1.29 is 41.0 Å². The van der Waals surface area contributed by atoms with Crippen LogP contribution in [0, 0.1) is 0 Å². The van der Waals surface area contributed by atoms with Gasteiger partial charge in [-0.2, -0.15) is 26.3 Å². The van der Waals surface area contributed by atoms with Crippen LogP contribution in [-0.4, -0.2) is 63.9 Å². The van der Waals surface area contributed by atoms with E-state index in [1.807, 2.05) is 11.8 Å². The zero-order valence-corrected chi connectivity index (χ0v) is 23.9. The molecule has 0 radical (unpaired) electrons. The van der Waals surface area contributed by atoms with E-state index in [-0.39, 0.29) is 33.8 Å². The van der Waals surface area contributed by atoms with Gasteiger partial charge in [0.2, 0.25) is 11.3 Å². The molecule has 4 rings (SSSR count). The fraction of sp³-hybridized carbons (Fsp3) is 0.375. The number of aliphatic carboxylic acids is 1. The Labute approximate surface area is 246 Å². The van der Waals surface area contributed by atoms with Gasteiger partial charge < -0.3 is 25.2 Å². The van der Waals surface area contributed by atoms with Crippen molar-refractivity contribution in [2.45, 2.75) is 32.2 Å². The standard InChI is InChI=1S/C22H21BrClF3N6O2.C2HF3O2/c1-2-15-19(32-7-5-28-6-8-32)20(35)18-21(29-10-16(23)31-18)33(15)11-17(34)30-14-4-3-12(9-13(14)24)22(25,26)27;3-2(4,5)1(6)7/h3-4,9-10,28H,2,5-8,11H2,1H3,(H,30,34);(H,6,7). The molecule has 0 atom stereocenters. The van der Waals surface area contributed by atoms with E-state index in [2.05, 4.69) is 36.5 Å². The van der Waals surface area contributed by atoms with Crippen molar-refractivity contribution >= 4 is 61.9 Å². The third-order valence-electron chi connectivity index (χ3n) is 5.89. The second-order valence-corrected chi connectivity index (χ2v) is 9.93. The minimum absolute atomic E-state index is 0.0456. The Morgan fingerprint density at radius 1 is 1.17 bits per heavy atom. The van der Waals surface area contributed by atoms with E-state index in [0.29, 0.717) is 48.6 Å². The smallest absolute Gasteiger partial charge is 0.475 e. The molecule has 10 nitrogen and oxygen atoms in total. The molecule has 0 aliphatic carbocycles. The van der Waals surface area contributed by atoms with E-state index in [1.165, 1.54) is 6.20 Å². The summed E-state index contributed by atoms with van der Waals surface area (Å²) >= 11 is 9.25. The first-order chi connectivity index (χ1) is 19.5. The number of hydrogen-bond acceptors (Lipinski definition) is 7. The third kappa shape index (κ3) is 7.89. The summed E-state index contributed by atoms with van der Waals surface area (Å²) in [5, 5.41) is 12.7. The average molecular weight is 688 g/mol. The molecule has 1 fully saturated rings. The number of carbonyl (C=O) groups excluding carboxylic acids is 1. The second kappa shape index (κ2) is 13.2. The van der Waals surface area contributed by atoms with Crippen LogP contribution >= 0.6 is 27.5 Å². The lowest BCUT2D eigenvalue weighted by atomic mass is 10.1. The normalized spacial score (nSPS) is 13.9. The van der Waals surface area contributed by atoms with Crippen molar-refractivity contribution in [1.82, 2.24) is 19.9 Å². The van der Waals surface area contributed by atoms with E-state index >= 15 is 0 Å². The minimum Gasteiger partial charge on any atom is -0.475 e. The lowest BCUT2D eigenvalue weighted by molar-refractivity contribution is -0.192. The van der Waals surface area contributed by atoms with Gasteiger partial charge >= 0.3 is 18.3 Å². The van der Waals surface area contributed by atoms with Gasteiger partial charge in [-0.25, -0.2) is 14.8 Å². The molecule has 1 aliphatic heterocycles. The van der Waals surface area contributed by atoms with Crippen LogP contribution in [0.3, 0.4) is 0 Å². The lowest BCUT2D eigenvalue weighted by Crippen LogP contribution is -2.46. The number of nitrogens with one attached hydrogen (secondary N) is 2. The van der Waals surface area contributed by atoms with E-state index in [0.717, 1.165) is 18.2 Å². The number of carboxylic acids is 1. The topological polar surface area (TPSA) is 129 Å². The molecule has 1 saturated heterocycles. The molecular formula is C24H22BrClF6N6O4. The highest BCUT2D eigenvalue weighted by Crippen LogP contribution is 2.34. The number of pyridine rings is 1. The number of piperazine rings is 1. The summed E-state index contributed by atoms with van der Waals surface area (Å²) in [7, 11) is 0. The SMILES string of the molecule is CCc1c(N2CCNCC2)c(=O)c2nc(Br)cnc2n1CC(=O)Nc1ccc(C(F)(F)F)cc1Cl.O=C(O)C(F)(F)F. The summed E-state index contributed by atoms with van der Waals surface area (Å²) in [6.45, 7) is 4.27. The maximum absolute atomic E-state index is 13.4. The quantitative estimate of drug-likeness (QED) is 0.336. The molecule has 1 aromatic carbocycles. The molecule has 0 spiro atoms. The average Bonchev–Trinajstić information content (AvgIpc) is 2.91.